The Morgan fingerprint density at radius 3 is 1.44 bits per heavy atom. The number of nitro groups is 2. The summed E-state index contributed by atoms with van der Waals surface area (Å²) in [5.74, 6) is 0.909. The Labute approximate surface area is 708 Å². The van der Waals surface area contributed by atoms with E-state index in [0.29, 0.717) is 17.0 Å². The SMILES string of the molecule is Brc1cccc(-n2nnc3cccnc32)c1.Brc1cccc2[nH]c3ncccc3c12.C.C.C.C.C.C.Nc1cccc(Br)c1.Nc1cccnc1Nc1cccc(Br)c1.O=[N+]([O-])c1cccnc1Cl.O=[N+]([O-])c1cccnc1Nc1cccc(Br)c1.OB(O)c1ccccc1.c1ccc(-c2cccc3[nH]c4ncccc4c23)cc1. The topological polar surface area (TPSA) is 342 Å². The van der Waals surface area contributed by atoms with Crippen molar-refractivity contribution in [1.29, 1.82) is 0 Å². The van der Waals surface area contributed by atoms with Gasteiger partial charge in [0.05, 0.1) is 21.2 Å². The molecule has 114 heavy (non-hydrogen) atoms. The number of nitrogen functional groups attached to an aromatic ring is 2. The second-order valence-electron chi connectivity index (χ2n) is 22.4. The Hall–Kier alpha value is -11.7. The fourth-order valence-corrected chi connectivity index (χ4v) is 12.5. The lowest BCUT2D eigenvalue weighted by atomic mass is 9.81. The van der Waals surface area contributed by atoms with Gasteiger partial charge in [-0.05, 0) is 168 Å². The predicted octanol–water partition coefficient (Wildman–Crippen LogP) is 24.0. The molecule has 0 fully saturated rings. The fraction of sp³-hybridized carbons (Fsp3) is 0.0714. The third kappa shape index (κ3) is 27.0. The lowest BCUT2D eigenvalue weighted by Crippen LogP contribution is -2.29. The van der Waals surface area contributed by atoms with E-state index in [1.807, 2.05) is 158 Å². The van der Waals surface area contributed by atoms with Crippen molar-refractivity contribution in [3.63, 3.8) is 0 Å². The van der Waals surface area contributed by atoms with Gasteiger partial charge in [-0.2, -0.15) is 4.68 Å². The molecule has 10 N–H and O–H groups in total. The van der Waals surface area contributed by atoms with Crippen LogP contribution >= 0.6 is 91.3 Å². The van der Waals surface area contributed by atoms with Crippen molar-refractivity contribution in [2.45, 2.75) is 44.6 Å². The van der Waals surface area contributed by atoms with E-state index < -0.39 is 17.0 Å². The number of nitrogens with two attached hydrogens (primary N) is 2. The first-order valence-corrected chi connectivity index (χ1v) is 36.6. The summed E-state index contributed by atoms with van der Waals surface area (Å²) in [5, 5.41) is 57.0. The van der Waals surface area contributed by atoms with Crippen molar-refractivity contribution in [2.75, 3.05) is 22.1 Å². The van der Waals surface area contributed by atoms with E-state index in [1.165, 1.54) is 63.9 Å². The first-order chi connectivity index (χ1) is 52.4. The van der Waals surface area contributed by atoms with Crippen molar-refractivity contribution in [3.05, 3.63) is 352 Å². The summed E-state index contributed by atoms with van der Waals surface area (Å²) < 4.78 is 6.76. The highest BCUT2D eigenvalue weighted by molar-refractivity contribution is 9.11. The number of hydrogen-bond donors (Lipinski definition) is 8. The van der Waals surface area contributed by atoms with Crippen molar-refractivity contribution >= 4 is 205 Å². The molecule has 586 valence electrons. The number of rotatable bonds is 9. The number of aromatic amines is 2. The van der Waals surface area contributed by atoms with Crippen LogP contribution in [0.5, 0.6) is 0 Å². The minimum absolute atomic E-state index is 0. The van der Waals surface area contributed by atoms with E-state index in [4.69, 9.17) is 33.1 Å². The maximum Gasteiger partial charge on any atom is 0.488 e. The van der Waals surface area contributed by atoms with E-state index >= 15 is 0 Å². The maximum atomic E-state index is 10.8. The highest BCUT2D eigenvalue weighted by Crippen LogP contribution is 2.35. The minimum atomic E-state index is -1.34. The van der Waals surface area contributed by atoms with Crippen LogP contribution < -0.4 is 27.6 Å². The van der Waals surface area contributed by atoms with E-state index in [2.05, 4.69) is 201 Å². The Balaban J connectivity index is 0.000000276. The van der Waals surface area contributed by atoms with Gasteiger partial charge in [-0.3, -0.25) is 20.2 Å². The number of nitrogens with one attached hydrogen (secondary N) is 4. The van der Waals surface area contributed by atoms with E-state index in [-0.39, 0.29) is 66.9 Å². The van der Waals surface area contributed by atoms with Crippen LogP contribution in [-0.4, -0.2) is 81.9 Å². The van der Waals surface area contributed by atoms with Crippen LogP contribution in [0.1, 0.15) is 44.6 Å². The first-order valence-electron chi connectivity index (χ1n) is 32.2. The minimum Gasteiger partial charge on any atom is -0.423 e. The number of nitrogens with zero attached hydrogens (tertiary/aromatic N) is 11. The standard InChI is InChI=1S/C17H12N2.C11H7BrN4.C11H8BrN3O2.C11H10BrN3.C11H7BrN2.C6H7BO2.C6H6BrN.C5H3ClN2O2.6CH4/c1-2-6-12(7-3-1)13-8-4-10-15-16(13)14-9-5-11-18-17(14)19-15;12-8-3-1-4-9(7-8)16-11-10(14-15-16)5-2-6-13-11;12-8-3-1-4-9(7-8)14-11-10(15(16)17)5-2-6-13-11;12-8-3-1-4-9(7-8)15-11-10(13)5-2-6-14-11;12-8-4-1-5-9-10(8)7-3-2-6-13-11(7)14-9;8-7(9)6-4-2-1-3-5-6;7-5-2-1-3-6(8)4-5;6-5-4(8(9)10)2-1-3-7-5;;;;;;/h1-11H,(H,18,19);1-7H;1-7H,(H,13,14);1-7H,13H2,(H,14,15);1-6H,(H,13,14);1-5,8-9H;1-4H,8H2;1-3H;6*1H4. The van der Waals surface area contributed by atoms with Crippen LogP contribution in [0.15, 0.2) is 326 Å². The monoisotopic (exact) mass is 1870 g/mol. The number of aromatic nitrogens is 11. The second-order valence-corrected chi connectivity index (χ2v) is 27.3. The Morgan fingerprint density at radius 2 is 0.912 bits per heavy atom. The Morgan fingerprint density at radius 1 is 0.447 bits per heavy atom. The molecule has 0 saturated carbocycles. The first kappa shape index (κ1) is 94.7. The van der Waals surface area contributed by atoms with Crippen LogP contribution in [0, 0.1) is 20.2 Å². The van der Waals surface area contributed by atoms with Crippen LogP contribution in [0.25, 0.3) is 71.9 Å². The zero-order valence-corrected chi connectivity index (χ0v) is 65.0. The fourth-order valence-electron chi connectivity index (χ4n) is 10.1. The number of benzene rings is 8. The molecule has 0 aliphatic carbocycles. The third-order valence-corrected chi connectivity index (χ3v) is 17.9. The summed E-state index contributed by atoms with van der Waals surface area (Å²) in [5.41, 5.74) is 23.7. The van der Waals surface area contributed by atoms with Gasteiger partial charge in [0.2, 0.25) is 11.0 Å². The molecule has 17 aromatic rings. The maximum absolute atomic E-state index is 10.8. The van der Waals surface area contributed by atoms with Crippen LogP contribution in [0.4, 0.5) is 45.8 Å². The molecular weight excluding hydrogens is 1790 g/mol. The molecule has 30 heteroatoms. The number of H-pyrrole nitrogens is 2. The summed E-state index contributed by atoms with van der Waals surface area (Å²) >= 11 is 22.4. The molecule has 0 atom stereocenters. The van der Waals surface area contributed by atoms with Crippen molar-refractivity contribution in [3.8, 4) is 16.8 Å². The molecule has 23 nitrogen and oxygen atoms in total. The predicted molar refractivity (Wildman–Crippen MR) is 490 cm³/mol. The molecule has 9 aromatic heterocycles. The Bertz CT molecular complexity index is 5820. The van der Waals surface area contributed by atoms with Gasteiger partial charge in [-0.1, -0.05) is 244 Å². The van der Waals surface area contributed by atoms with Crippen LogP contribution in [0.2, 0.25) is 5.15 Å². The summed E-state index contributed by atoms with van der Waals surface area (Å²) in [6.45, 7) is 0. The number of anilines is 6. The molecule has 0 amide bonds. The molecule has 9 heterocycles. The van der Waals surface area contributed by atoms with Crippen molar-refractivity contribution in [2.24, 2.45) is 0 Å². The average Bonchev–Trinajstić information content (AvgIpc) is 1.62. The summed E-state index contributed by atoms with van der Waals surface area (Å²) in [4.78, 5) is 51.1. The zero-order valence-electron chi connectivity index (χ0n) is 56.3. The van der Waals surface area contributed by atoms with Crippen molar-refractivity contribution < 1.29 is 19.9 Å². The van der Waals surface area contributed by atoms with E-state index in [9.17, 15) is 20.2 Å². The summed E-state index contributed by atoms with van der Waals surface area (Å²) in [7, 11) is -1.34. The van der Waals surface area contributed by atoms with Crippen LogP contribution in [0.3, 0.4) is 0 Å². The second kappa shape index (κ2) is 47.6. The lowest BCUT2D eigenvalue weighted by molar-refractivity contribution is -0.385. The molecule has 17 rings (SSSR count). The average molecular weight is 1870 g/mol. The highest BCUT2D eigenvalue weighted by Gasteiger charge is 2.16. The molecule has 8 aromatic carbocycles. The molecule has 0 spiro atoms. The van der Waals surface area contributed by atoms with E-state index in [1.54, 1.807) is 53.6 Å². The molecule has 0 unspecified atom stereocenters. The summed E-state index contributed by atoms with van der Waals surface area (Å²) in [6, 6.07) is 83.4. The molecule has 0 aliphatic heterocycles. The van der Waals surface area contributed by atoms with Gasteiger partial charge in [0.1, 0.15) is 16.8 Å². The number of fused-ring (bicyclic) bond motifs is 7. The van der Waals surface area contributed by atoms with Gasteiger partial charge in [-0.15, -0.1) is 5.10 Å². The van der Waals surface area contributed by atoms with Gasteiger partial charge in [0, 0.05) is 121 Å². The number of hydrogen-bond acceptors (Lipinski definition) is 18. The third-order valence-electron chi connectivity index (χ3n) is 15.0. The normalized spacial score (nSPS) is 9.72. The Kier molecular flexibility index (Phi) is 39.6. The summed E-state index contributed by atoms with van der Waals surface area (Å²) in [6.07, 6.45) is 9.96. The van der Waals surface area contributed by atoms with Crippen molar-refractivity contribution in [1.82, 2.24) is 54.9 Å². The highest BCUT2D eigenvalue weighted by atomic mass is 79.9. The zero-order chi connectivity index (χ0) is 76.3. The molecule has 0 radical (unpaired) electrons. The lowest BCUT2D eigenvalue weighted by Gasteiger charge is -2.07. The van der Waals surface area contributed by atoms with Gasteiger partial charge in [0.25, 0.3) is 0 Å². The van der Waals surface area contributed by atoms with Gasteiger partial charge >= 0.3 is 18.5 Å². The molecule has 0 bridgehead atoms. The largest absolute Gasteiger partial charge is 0.488 e. The van der Waals surface area contributed by atoms with Gasteiger partial charge in [0.15, 0.2) is 11.5 Å². The molecular formula is C84H84BBr5ClN17O6. The van der Waals surface area contributed by atoms with E-state index in [0.717, 1.165) is 84.0 Å². The number of halogens is 6. The van der Waals surface area contributed by atoms with Crippen LogP contribution in [-0.2, 0) is 0 Å². The quantitative estimate of drug-likeness (QED) is 0.0219. The molecule has 0 aliphatic rings. The molecule has 0 saturated heterocycles. The number of pyridine rings is 6. The van der Waals surface area contributed by atoms with Gasteiger partial charge < -0.3 is 42.1 Å². The smallest absolute Gasteiger partial charge is 0.423 e. The van der Waals surface area contributed by atoms with Gasteiger partial charge in [-0.25, -0.2) is 29.9 Å².